The van der Waals surface area contributed by atoms with Gasteiger partial charge in [-0.1, -0.05) is 34.6 Å². The SMILES string of the molecule is CCOC(CC)(CC)c1nc(C(C)(C)C)cc(=O)[nH]1. The third-order valence-electron chi connectivity index (χ3n) is 3.50. The summed E-state index contributed by atoms with van der Waals surface area (Å²) < 4.78 is 5.90. The standard InChI is InChI=1S/C15H26N2O2/c1-7-15(8-2,19-9-3)13-16-11(14(4,5)6)10-12(18)17-13/h10H,7-9H2,1-6H3,(H,16,17,18). The van der Waals surface area contributed by atoms with Crippen LogP contribution in [0.25, 0.3) is 0 Å². The Morgan fingerprint density at radius 2 is 1.79 bits per heavy atom. The van der Waals surface area contributed by atoms with Gasteiger partial charge in [0.05, 0.1) is 5.69 Å². The third-order valence-corrected chi connectivity index (χ3v) is 3.50. The molecule has 1 N–H and O–H groups in total. The molecule has 4 heteroatoms. The molecule has 0 atom stereocenters. The summed E-state index contributed by atoms with van der Waals surface area (Å²) in [6.07, 6.45) is 1.57. The molecule has 0 fully saturated rings. The van der Waals surface area contributed by atoms with Crippen LogP contribution in [0.3, 0.4) is 0 Å². The van der Waals surface area contributed by atoms with Crippen molar-refractivity contribution in [2.75, 3.05) is 6.61 Å². The number of nitrogens with zero attached hydrogens (tertiary/aromatic N) is 1. The normalized spacial score (nSPS) is 12.7. The number of hydrogen-bond acceptors (Lipinski definition) is 3. The van der Waals surface area contributed by atoms with Crippen LogP contribution >= 0.6 is 0 Å². The van der Waals surface area contributed by atoms with E-state index in [9.17, 15) is 4.79 Å². The summed E-state index contributed by atoms with van der Waals surface area (Å²) in [5.41, 5.74) is 0.0515. The van der Waals surface area contributed by atoms with E-state index in [1.165, 1.54) is 0 Å². The van der Waals surface area contributed by atoms with Gasteiger partial charge in [0.15, 0.2) is 0 Å². The zero-order valence-corrected chi connectivity index (χ0v) is 13.0. The van der Waals surface area contributed by atoms with Crippen molar-refractivity contribution in [3.8, 4) is 0 Å². The number of aromatic amines is 1. The van der Waals surface area contributed by atoms with Crippen molar-refractivity contribution in [2.24, 2.45) is 0 Å². The lowest BCUT2D eigenvalue weighted by atomic mass is 9.90. The second-order valence-electron chi connectivity index (χ2n) is 5.86. The Morgan fingerprint density at radius 1 is 1.21 bits per heavy atom. The van der Waals surface area contributed by atoms with E-state index in [1.54, 1.807) is 6.07 Å². The Morgan fingerprint density at radius 3 is 2.21 bits per heavy atom. The first kappa shape index (κ1) is 15.9. The predicted molar refractivity (Wildman–Crippen MR) is 77.4 cm³/mol. The van der Waals surface area contributed by atoms with E-state index in [1.807, 2.05) is 6.92 Å². The molecule has 19 heavy (non-hydrogen) atoms. The number of nitrogens with one attached hydrogen (secondary N) is 1. The smallest absolute Gasteiger partial charge is 0.251 e. The van der Waals surface area contributed by atoms with Gasteiger partial charge in [-0.25, -0.2) is 4.98 Å². The number of H-pyrrole nitrogens is 1. The molecule has 0 unspecified atom stereocenters. The van der Waals surface area contributed by atoms with Crippen LogP contribution in [0.15, 0.2) is 10.9 Å². The van der Waals surface area contributed by atoms with Crippen LogP contribution in [-0.2, 0) is 15.8 Å². The van der Waals surface area contributed by atoms with Gasteiger partial charge in [0.2, 0.25) is 0 Å². The molecule has 0 amide bonds. The molecule has 1 heterocycles. The van der Waals surface area contributed by atoms with Crippen molar-refractivity contribution in [3.63, 3.8) is 0 Å². The van der Waals surface area contributed by atoms with Gasteiger partial charge in [-0.2, -0.15) is 0 Å². The van der Waals surface area contributed by atoms with Crippen molar-refractivity contribution in [1.29, 1.82) is 0 Å². The fraction of sp³-hybridized carbons (Fsp3) is 0.733. The van der Waals surface area contributed by atoms with Crippen LogP contribution in [0, 0.1) is 0 Å². The fourth-order valence-electron chi connectivity index (χ4n) is 2.19. The summed E-state index contributed by atoms with van der Waals surface area (Å²) in [7, 11) is 0. The molecule has 1 aromatic rings. The topological polar surface area (TPSA) is 55.0 Å². The lowest BCUT2D eigenvalue weighted by molar-refractivity contribution is -0.0575. The number of aromatic nitrogens is 2. The highest BCUT2D eigenvalue weighted by atomic mass is 16.5. The molecule has 1 rings (SSSR count). The van der Waals surface area contributed by atoms with Gasteiger partial charge in [-0.15, -0.1) is 0 Å². The second kappa shape index (κ2) is 5.87. The van der Waals surface area contributed by atoms with E-state index in [0.29, 0.717) is 12.4 Å². The van der Waals surface area contributed by atoms with Crippen molar-refractivity contribution < 1.29 is 4.74 Å². The first-order valence-electron chi connectivity index (χ1n) is 7.05. The Balaban J connectivity index is 3.40. The van der Waals surface area contributed by atoms with Crippen molar-refractivity contribution in [2.45, 2.75) is 65.4 Å². The first-order valence-corrected chi connectivity index (χ1v) is 7.05. The number of ether oxygens (including phenoxy) is 1. The van der Waals surface area contributed by atoms with Gasteiger partial charge in [0.1, 0.15) is 11.4 Å². The Kier molecular flexibility index (Phi) is 4.91. The average Bonchev–Trinajstić information content (AvgIpc) is 2.34. The van der Waals surface area contributed by atoms with Crippen molar-refractivity contribution in [3.05, 3.63) is 27.9 Å². The van der Waals surface area contributed by atoms with Crippen LogP contribution in [0.4, 0.5) is 0 Å². The predicted octanol–water partition coefficient (Wildman–Crippen LogP) is 3.12. The van der Waals surface area contributed by atoms with E-state index in [2.05, 4.69) is 44.6 Å². The molecule has 4 nitrogen and oxygen atoms in total. The maximum absolute atomic E-state index is 11.9. The molecule has 0 saturated heterocycles. The summed E-state index contributed by atoms with van der Waals surface area (Å²) in [6, 6.07) is 1.57. The molecule has 0 saturated carbocycles. The van der Waals surface area contributed by atoms with E-state index in [-0.39, 0.29) is 11.0 Å². The number of rotatable bonds is 5. The molecule has 0 bridgehead atoms. The lowest BCUT2D eigenvalue weighted by Gasteiger charge is -2.31. The van der Waals surface area contributed by atoms with Crippen molar-refractivity contribution >= 4 is 0 Å². The van der Waals surface area contributed by atoms with Gasteiger partial charge < -0.3 is 9.72 Å². The molecule has 108 valence electrons. The highest BCUT2D eigenvalue weighted by Crippen LogP contribution is 2.31. The molecule has 0 aliphatic heterocycles. The molecule has 0 aromatic carbocycles. The maximum atomic E-state index is 11.9. The molecule has 1 aromatic heterocycles. The molecular weight excluding hydrogens is 240 g/mol. The van der Waals surface area contributed by atoms with Gasteiger partial charge in [0, 0.05) is 18.1 Å². The zero-order valence-electron chi connectivity index (χ0n) is 13.0. The van der Waals surface area contributed by atoms with Crippen molar-refractivity contribution in [1.82, 2.24) is 9.97 Å². The van der Waals surface area contributed by atoms with Gasteiger partial charge >= 0.3 is 0 Å². The number of hydrogen-bond donors (Lipinski definition) is 1. The minimum Gasteiger partial charge on any atom is -0.367 e. The summed E-state index contributed by atoms with van der Waals surface area (Å²) >= 11 is 0. The highest BCUT2D eigenvalue weighted by Gasteiger charge is 2.33. The molecule has 0 aliphatic rings. The van der Waals surface area contributed by atoms with E-state index >= 15 is 0 Å². The molecular formula is C15H26N2O2. The summed E-state index contributed by atoms with van der Waals surface area (Å²) in [5, 5.41) is 0. The third kappa shape index (κ3) is 3.44. The molecule has 0 radical (unpaired) electrons. The highest BCUT2D eigenvalue weighted by molar-refractivity contribution is 5.15. The minimum atomic E-state index is -0.491. The fourth-order valence-corrected chi connectivity index (χ4v) is 2.19. The summed E-state index contributed by atoms with van der Waals surface area (Å²) in [6.45, 7) is 12.8. The zero-order chi connectivity index (χ0) is 14.7. The van der Waals surface area contributed by atoms with Crippen LogP contribution < -0.4 is 5.56 Å². The monoisotopic (exact) mass is 266 g/mol. The Hall–Kier alpha value is -1.16. The van der Waals surface area contributed by atoms with Crippen LogP contribution in [-0.4, -0.2) is 16.6 Å². The Bertz CT molecular complexity index is 468. The summed E-state index contributed by atoms with van der Waals surface area (Å²) in [4.78, 5) is 19.4. The Labute approximate surface area is 115 Å². The summed E-state index contributed by atoms with van der Waals surface area (Å²) in [5.74, 6) is 0.650. The maximum Gasteiger partial charge on any atom is 0.251 e. The van der Waals surface area contributed by atoms with Crippen LogP contribution in [0.5, 0.6) is 0 Å². The van der Waals surface area contributed by atoms with E-state index < -0.39 is 5.60 Å². The largest absolute Gasteiger partial charge is 0.367 e. The average molecular weight is 266 g/mol. The second-order valence-corrected chi connectivity index (χ2v) is 5.86. The molecule has 0 spiro atoms. The quantitative estimate of drug-likeness (QED) is 0.891. The minimum absolute atomic E-state index is 0.110. The van der Waals surface area contributed by atoms with E-state index in [4.69, 9.17) is 4.74 Å². The first-order chi connectivity index (χ1) is 8.79. The van der Waals surface area contributed by atoms with Crippen LogP contribution in [0.1, 0.15) is 65.9 Å². The molecule has 0 aliphatic carbocycles. The van der Waals surface area contributed by atoms with Crippen LogP contribution in [0.2, 0.25) is 0 Å². The lowest BCUT2D eigenvalue weighted by Crippen LogP contribution is -2.34. The van der Waals surface area contributed by atoms with E-state index in [0.717, 1.165) is 18.5 Å². The van der Waals surface area contributed by atoms with Gasteiger partial charge in [-0.3, -0.25) is 4.79 Å². The van der Waals surface area contributed by atoms with Gasteiger partial charge in [-0.05, 0) is 19.8 Å². The van der Waals surface area contributed by atoms with Gasteiger partial charge in [0.25, 0.3) is 5.56 Å².